The second-order valence-electron chi connectivity index (χ2n) is 6.29. The van der Waals surface area contributed by atoms with E-state index in [-0.39, 0.29) is 19.1 Å². The molecule has 0 unspecified atom stereocenters. The lowest BCUT2D eigenvalue weighted by molar-refractivity contribution is -0.161. The van der Waals surface area contributed by atoms with Crippen LogP contribution in [0.4, 0.5) is 0 Å². The predicted octanol–water partition coefficient (Wildman–Crippen LogP) is 1.59. The third kappa shape index (κ3) is 2.50. The number of carboxylic acid groups (broad SMARTS) is 1. The molecule has 0 bridgehead atoms. The van der Waals surface area contributed by atoms with Crippen LogP contribution in [0, 0.1) is 0 Å². The van der Waals surface area contributed by atoms with E-state index in [1.807, 2.05) is 25.1 Å². The number of morpholine rings is 1. The molecule has 1 aromatic rings. The van der Waals surface area contributed by atoms with Gasteiger partial charge in [0.05, 0.1) is 18.6 Å². The van der Waals surface area contributed by atoms with Gasteiger partial charge in [-0.25, -0.2) is 4.79 Å². The van der Waals surface area contributed by atoms with Crippen LogP contribution in [-0.4, -0.2) is 47.7 Å². The summed E-state index contributed by atoms with van der Waals surface area (Å²) in [7, 11) is 0. The molecule has 1 aromatic carbocycles. The molecule has 22 heavy (non-hydrogen) atoms. The van der Waals surface area contributed by atoms with Crippen molar-refractivity contribution in [3.8, 4) is 0 Å². The zero-order valence-electron chi connectivity index (χ0n) is 12.7. The predicted molar refractivity (Wildman–Crippen MR) is 80.7 cm³/mol. The minimum absolute atomic E-state index is 0.0224. The summed E-state index contributed by atoms with van der Waals surface area (Å²) in [6.07, 6.45) is 1.87. The van der Waals surface area contributed by atoms with Crippen molar-refractivity contribution in [2.75, 3.05) is 19.7 Å². The number of hydrogen-bond donors (Lipinski definition) is 1. The van der Waals surface area contributed by atoms with Gasteiger partial charge in [0.15, 0.2) is 6.10 Å². The Hall–Kier alpha value is -1.88. The van der Waals surface area contributed by atoms with Crippen molar-refractivity contribution in [3.63, 3.8) is 0 Å². The van der Waals surface area contributed by atoms with Gasteiger partial charge in [-0.15, -0.1) is 0 Å². The van der Waals surface area contributed by atoms with Crippen LogP contribution >= 0.6 is 0 Å². The van der Waals surface area contributed by atoms with E-state index in [0.29, 0.717) is 6.54 Å². The Balaban J connectivity index is 1.87. The van der Waals surface area contributed by atoms with Gasteiger partial charge in [0, 0.05) is 6.54 Å². The zero-order chi connectivity index (χ0) is 15.7. The lowest BCUT2D eigenvalue weighted by atomic mass is 9.70. The topological polar surface area (TPSA) is 66.8 Å². The number of carbonyl (C=O) groups excluding carboxylic acids is 1. The van der Waals surface area contributed by atoms with Crippen LogP contribution in [0.15, 0.2) is 24.3 Å². The standard InChI is InChI=1S/C17H21NO4/c1-17(8-4-6-12-5-2-3-7-13(12)17)16(21)18-9-10-22-14(11-18)15(19)20/h2-3,5,7,14H,4,6,8-11H2,1H3,(H,19,20)/t14-,17-/m0/s1. The van der Waals surface area contributed by atoms with Crippen molar-refractivity contribution in [2.45, 2.75) is 37.7 Å². The van der Waals surface area contributed by atoms with Gasteiger partial charge < -0.3 is 14.7 Å². The minimum atomic E-state index is -1.01. The van der Waals surface area contributed by atoms with E-state index in [1.54, 1.807) is 4.90 Å². The number of carboxylic acids is 1. The van der Waals surface area contributed by atoms with E-state index in [1.165, 1.54) is 5.56 Å². The van der Waals surface area contributed by atoms with E-state index in [0.717, 1.165) is 24.8 Å². The van der Waals surface area contributed by atoms with Crippen LogP contribution in [0.3, 0.4) is 0 Å². The number of hydrogen-bond acceptors (Lipinski definition) is 3. The molecule has 2 aliphatic rings. The Bertz CT molecular complexity index is 600. The van der Waals surface area contributed by atoms with Gasteiger partial charge in [-0.1, -0.05) is 24.3 Å². The molecule has 0 aromatic heterocycles. The van der Waals surface area contributed by atoms with Crippen molar-refractivity contribution in [1.82, 2.24) is 4.90 Å². The Morgan fingerprint density at radius 3 is 2.91 bits per heavy atom. The molecule has 1 aliphatic heterocycles. The first-order valence-electron chi connectivity index (χ1n) is 7.74. The highest BCUT2D eigenvalue weighted by Crippen LogP contribution is 2.38. The summed E-state index contributed by atoms with van der Waals surface area (Å²) >= 11 is 0. The van der Waals surface area contributed by atoms with Crippen LogP contribution in [0.2, 0.25) is 0 Å². The van der Waals surface area contributed by atoms with Gasteiger partial charge >= 0.3 is 5.97 Å². The fourth-order valence-electron chi connectivity index (χ4n) is 3.60. The van der Waals surface area contributed by atoms with Gasteiger partial charge in [-0.2, -0.15) is 0 Å². The van der Waals surface area contributed by atoms with E-state index in [9.17, 15) is 9.59 Å². The quantitative estimate of drug-likeness (QED) is 0.901. The van der Waals surface area contributed by atoms with Crippen LogP contribution in [-0.2, 0) is 26.2 Å². The zero-order valence-corrected chi connectivity index (χ0v) is 12.7. The molecule has 1 fully saturated rings. The summed E-state index contributed by atoms with van der Waals surface area (Å²) < 4.78 is 5.22. The van der Waals surface area contributed by atoms with Gasteiger partial charge in [-0.05, 0) is 37.3 Å². The fourth-order valence-corrected chi connectivity index (χ4v) is 3.60. The summed E-state index contributed by atoms with van der Waals surface area (Å²) in [5.74, 6) is -0.985. The third-order valence-electron chi connectivity index (χ3n) is 4.84. The molecule has 118 valence electrons. The highest BCUT2D eigenvalue weighted by atomic mass is 16.5. The number of fused-ring (bicyclic) bond motifs is 1. The average molecular weight is 303 g/mol. The molecule has 1 aliphatic carbocycles. The maximum atomic E-state index is 13.1. The molecule has 5 nitrogen and oxygen atoms in total. The van der Waals surface area contributed by atoms with Crippen molar-refractivity contribution in [3.05, 3.63) is 35.4 Å². The summed E-state index contributed by atoms with van der Waals surface area (Å²) in [5, 5.41) is 9.11. The molecule has 1 heterocycles. The highest BCUT2D eigenvalue weighted by molar-refractivity contribution is 5.89. The van der Waals surface area contributed by atoms with Crippen molar-refractivity contribution in [2.24, 2.45) is 0 Å². The smallest absolute Gasteiger partial charge is 0.334 e. The second kappa shape index (κ2) is 5.72. The number of nitrogens with zero attached hydrogens (tertiary/aromatic N) is 1. The molecule has 3 rings (SSSR count). The number of ether oxygens (including phenoxy) is 1. The van der Waals surface area contributed by atoms with Gasteiger partial charge in [0.2, 0.25) is 5.91 Å². The molecule has 1 N–H and O–H groups in total. The number of amides is 1. The number of aryl methyl sites for hydroxylation is 1. The third-order valence-corrected chi connectivity index (χ3v) is 4.84. The SMILES string of the molecule is C[C@]1(C(=O)N2CCO[C@H](C(=O)O)C2)CCCc2ccccc21. The normalized spacial score (nSPS) is 28.0. The highest BCUT2D eigenvalue weighted by Gasteiger charge is 2.43. The van der Waals surface area contributed by atoms with E-state index >= 15 is 0 Å². The van der Waals surface area contributed by atoms with Crippen LogP contribution in [0.1, 0.15) is 30.9 Å². The van der Waals surface area contributed by atoms with Crippen molar-refractivity contribution >= 4 is 11.9 Å². The maximum absolute atomic E-state index is 13.1. The van der Waals surface area contributed by atoms with Gasteiger partial charge in [0.1, 0.15) is 0 Å². The average Bonchev–Trinajstić information content (AvgIpc) is 2.54. The Morgan fingerprint density at radius 2 is 2.14 bits per heavy atom. The molecule has 0 saturated carbocycles. The molecular formula is C17H21NO4. The monoisotopic (exact) mass is 303 g/mol. The molecule has 1 amide bonds. The summed E-state index contributed by atoms with van der Waals surface area (Å²) in [5.41, 5.74) is 1.76. The minimum Gasteiger partial charge on any atom is -0.479 e. The van der Waals surface area contributed by atoms with Crippen LogP contribution in [0.5, 0.6) is 0 Å². The lowest BCUT2D eigenvalue weighted by Crippen LogP contribution is -2.54. The molecule has 2 atom stereocenters. The fraction of sp³-hybridized carbons (Fsp3) is 0.529. The first kappa shape index (κ1) is 15.0. The second-order valence-corrected chi connectivity index (χ2v) is 6.29. The first-order chi connectivity index (χ1) is 10.5. The van der Waals surface area contributed by atoms with Crippen LogP contribution in [0.25, 0.3) is 0 Å². The van der Waals surface area contributed by atoms with Crippen molar-refractivity contribution < 1.29 is 19.4 Å². The molecular weight excluding hydrogens is 282 g/mol. The first-order valence-corrected chi connectivity index (χ1v) is 7.74. The Labute approximate surface area is 129 Å². The number of carbonyl (C=O) groups is 2. The van der Waals surface area contributed by atoms with E-state index in [2.05, 4.69) is 6.07 Å². The maximum Gasteiger partial charge on any atom is 0.334 e. The Kier molecular flexibility index (Phi) is 3.91. The number of rotatable bonds is 2. The number of aliphatic carboxylic acids is 1. The summed E-state index contributed by atoms with van der Waals surface area (Å²) in [6, 6.07) is 8.08. The molecule has 5 heteroatoms. The molecule has 0 spiro atoms. The molecule has 1 saturated heterocycles. The lowest BCUT2D eigenvalue weighted by Gasteiger charge is -2.41. The van der Waals surface area contributed by atoms with Crippen molar-refractivity contribution in [1.29, 1.82) is 0 Å². The Morgan fingerprint density at radius 1 is 1.36 bits per heavy atom. The van der Waals surface area contributed by atoms with Crippen LogP contribution < -0.4 is 0 Å². The number of benzene rings is 1. The van der Waals surface area contributed by atoms with E-state index in [4.69, 9.17) is 9.84 Å². The summed E-state index contributed by atoms with van der Waals surface area (Å²) in [6.45, 7) is 2.85. The van der Waals surface area contributed by atoms with Gasteiger partial charge in [-0.3, -0.25) is 4.79 Å². The largest absolute Gasteiger partial charge is 0.479 e. The van der Waals surface area contributed by atoms with Gasteiger partial charge in [0.25, 0.3) is 0 Å². The molecule has 0 radical (unpaired) electrons. The summed E-state index contributed by atoms with van der Waals surface area (Å²) in [4.78, 5) is 25.9. The van der Waals surface area contributed by atoms with E-state index < -0.39 is 17.5 Å².